The van der Waals surface area contributed by atoms with Crippen molar-refractivity contribution in [1.82, 2.24) is 10.3 Å². The molecule has 1 N–H and O–H groups in total. The molecule has 0 spiro atoms. The standard InChI is InChI=1S/C16H18Cl2N2O/c1-3-8-19-15(11-6-7-13(17)14(18)10-11)12-5-4-9-20-16(12)21-2/h4-7,9-10,15,19H,3,8H2,1-2H3. The first-order valence-corrected chi connectivity index (χ1v) is 7.60. The minimum atomic E-state index is -0.0385. The third-order valence-corrected chi connectivity index (χ3v) is 3.92. The van der Waals surface area contributed by atoms with Crippen molar-refractivity contribution in [3.8, 4) is 5.88 Å². The van der Waals surface area contributed by atoms with Gasteiger partial charge in [0.15, 0.2) is 0 Å². The first kappa shape index (κ1) is 16.1. The van der Waals surface area contributed by atoms with Crippen molar-refractivity contribution >= 4 is 23.2 Å². The summed E-state index contributed by atoms with van der Waals surface area (Å²) in [4.78, 5) is 4.27. The van der Waals surface area contributed by atoms with Gasteiger partial charge < -0.3 is 10.1 Å². The summed E-state index contributed by atoms with van der Waals surface area (Å²) in [7, 11) is 1.62. The Kier molecular flexibility index (Phi) is 5.85. The fourth-order valence-corrected chi connectivity index (χ4v) is 2.49. The molecule has 1 atom stereocenters. The van der Waals surface area contributed by atoms with Crippen molar-refractivity contribution in [2.45, 2.75) is 19.4 Å². The Morgan fingerprint density at radius 3 is 2.71 bits per heavy atom. The molecule has 2 rings (SSSR count). The zero-order chi connectivity index (χ0) is 15.2. The van der Waals surface area contributed by atoms with E-state index in [1.54, 1.807) is 13.3 Å². The van der Waals surface area contributed by atoms with Gasteiger partial charge in [0.2, 0.25) is 5.88 Å². The van der Waals surface area contributed by atoms with Crippen LogP contribution in [0.2, 0.25) is 10.0 Å². The van der Waals surface area contributed by atoms with Crippen LogP contribution in [0.4, 0.5) is 0 Å². The van der Waals surface area contributed by atoms with Gasteiger partial charge in [-0.05, 0) is 36.7 Å². The average molecular weight is 325 g/mol. The molecule has 5 heteroatoms. The second-order valence-corrected chi connectivity index (χ2v) is 5.48. The Morgan fingerprint density at radius 1 is 1.24 bits per heavy atom. The van der Waals surface area contributed by atoms with E-state index in [-0.39, 0.29) is 6.04 Å². The van der Waals surface area contributed by atoms with Crippen LogP contribution in [0.25, 0.3) is 0 Å². The summed E-state index contributed by atoms with van der Waals surface area (Å²) in [5.74, 6) is 0.608. The van der Waals surface area contributed by atoms with E-state index in [0.29, 0.717) is 15.9 Å². The highest BCUT2D eigenvalue weighted by Gasteiger charge is 2.19. The molecule has 2 aromatic rings. The molecular formula is C16H18Cl2N2O. The Balaban J connectivity index is 2.44. The van der Waals surface area contributed by atoms with Crippen molar-refractivity contribution in [2.75, 3.05) is 13.7 Å². The van der Waals surface area contributed by atoms with E-state index in [9.17, 15) is 0 Å². The van der Waals surface area contributed by atoms with Crippen LogP contribution in [-0.2, 0) is 0 Å². The van der Waals surface area contributed by atoms with Crippen LogP contribution in [0.15, 0.2) is 36.5 Å². The van der Waals surface area contributed by atoms with Crippen LogP contribution < -0.4 is 10.1 Å². The summed E-state index contributed by atoms with van der Waals surface area (Å²) < 4.78 is 5.37. The molecule has 3 nitrogen and oxygen atoms in total. The zero-order valence-electron chi connectivity index (χ0n) is 12.1. The molecule has 0 aliphatic carbocycles. The number of aromatic nitrogens is 1. The molecular weight excluding hydrogens is 307 g/mol. The number of hydrogen-bond acceptors (Lipinski definition) is 3. The lowest BCUT2D eigenvalue weighted by Crippen LogP contribution is -2.24. The summed E-state index contributed by atoms with van der Waals surface area (Å²) in [5.41, 5.74) is 2.01. The number of nitrogens with zero attached hydrogens (tertiary/aromatic N) is 1. The van der Waals surface area contributed by atoms with Crippen molar-refractivity contribution < 1.29 is 4.74 Å². The molecule has 1 unspecified atom stereocenters. The second-order valence-electron chi connectivity index (χ2n) is 4.66. The average Bonchev–Trinajstić information content (AvgIpc) is 2.51. The maximum absolute atomic E-state index is 6.15. The predicted molar refractivity (Wildman–Crippen MR) is 87.4 cm³/mol. The molecule has 0 amide bonds. The third kappa shape index (κ3) is 3.88. The van der Waals surface area contributed by atoms with Crippen molar-refractivity contribution in [2.24, 2.45) is 0 Å². The van der Waals surface area contributed by atoms with Crippen LogP contribution in [0.5, 0.6) is 5.88 Å². The van der Waals surface area contributed by atoms with Crippen molar-refractivity contribution in [3.63, 3.8) is 0 Å². The van der Waals surface area contributed by atoms with Crippen molar-refractivity contribution in [1.29, 1.82) is 0 Å². The van der Waals surface area contributed by atoms with Gasteiger partial charge in [-0.3, -0.25) is 0 Å². The minimum Gasteiger partial charge on any atom is -0.481 e. The van der Waals surface area contributed by atoms with Gasteiger partial charge in [-0.1, -0.05) is 42.3 Å². The number of pyridine rings is 1. The molecule has 1 aromatic heterocycles. The van der Waals surface area contributed by atoms with E-state index in [2.05, 4.69) is 17.2 Å². The number of benzene rings is 1. The van der Waals surface area contributed by atoms with Gasteiger partial charge in [-0.15, -0.1) is 0 Å². The molecule has 1 heterocycles. The van der Waals surface area contributed by atoms with Gasteiger partial charge in [-0.25, -0.2) is 4.98 Å². The van der Waals surface area contributed by atoms with E-state index < -0.39 is 0 Å². The smallest absolute Gasteiger partial charge is 0.218 e. The predicted octanol–water partition coefficient (Wildman–Crippen LogP) is 4.49. The Labute approximate surface area is 135 Å². The maximum Gasteiger partial charge on any atom is 0.218 e. The van der Waals surface area contributed by atoms with Gasteiger partial charge in [0, 0.05) is 11.8 Å². The molecule has 112 valence electrons. The number of nitrogens with one attached hydrogen (secondary N) is 1. The van der Waals surface area contributed by atoms with Crippen LogP contribution >= 0.6 is 23.2 Å². The third-order valence-electron chi connectivity index (χ3n) is 3.18. The molecule has 1 aromatic carbocycles. The van der Waals surface area contributed by atoms with E-state index in [1.807, 2.05) is 30.3 Å². The molecule has 0 saturated heterocycles. The summed E-state index contributed by atoms with van der Waals surface area (Å²) in [6, 6.07) is 9.52. The quantitative estimate of drug-likeness (QED) is 0.850. The van der Waals surface area contributed by atoms with Crippen LogP contribution in [-0.4, -0.2) is 18.6 Å². The number of methoxy groups -OCH3 is 1. The summed E-state index contributed by atoms with van der Waals surface area (Å²) in [5, 5.41) is 4.59. The molecule has 0 saturated carbocycles. The Bertz CT molecular complexity index is 605. The van der Waals surface area contributed by atoms with E-state index in [1.165, 1.54) is 0 Å². The fourth-order valence-electron chi connectivity index (χ4n) is 2.18. The minimum absolute atomic E-state index is 0.0385. The highest BCUT2D eigenvalue weighted by Crippen LogP contribution is 2.32. The first-order valence-electron chi connectivity index (χ1n) is 6.84. The van der Waals surface area contributed by atoms with Gasteiger partial charge in [-0.2, -0.15) is 0 Å². The lowest BCUT2D eigenvalue weighted by atomic mass is 9.99. The summed E-state index contributed by atoms with van der Waals surface area (Å²) in [6.07, 6.45) is 2.74. The van der Waals surface area contributed by atoms with Gasteiger partial charge in [0.05, 0.1) is 23.2 Å². The number of rotatable bonds is 6. The molecule has 0 aliphatic heterocycles. The maximum atomic E-state index is 6.15. The number of hydrogen-bond donors (Lipinski definition) is 1. The largest absolute Gasteiger partial charge is 0.481 e. The lowest BCUT2D eigenvalue weighted by Gasteiger charge is -2.21. The fraction of sp³-hybridized carbons (Fsp3) is 0.312. The molecule has 0 radical (unpaired) electrons. The monoisotopic (exact) mass is 324 g/mol. The number of ether oxygens (including phenoxy) is 1. The van der Waals surface area contributed by atoms with Crippen LogP contribution in [0.1, 0.15) is 30.5 Å². The van der Waals surface area contributed by atoms with Gasteiger partial charge in [0.1, 0.15) is 0 Å². The van der Waals surface area contributed by atoms with Crippen LogP contribution in [0.3, 0.4) is 0 Å². The number of halogens is 2. The zero-order valence-corrected chi connectivity index (χ0v) is 13.6. The first-order chi connectivity index (χ1) is 10.2. The molecule has 0 fully saturated rings. The summed E-state index contributed by atoms with van der Waals surface area (Å²) >= 11 is 12.2. The van der Waals surface area contributed by atoms with Gasteiger partial charge >= 0.3 is 0 Å². The normalized spacial score (nSPS) is 12.2. The van der Waals surface area contributed by atoms with Crippen molar-refractivity contribution in [3.05, 3.63) is 57.7 Å². The van der Waals surface area contributed by atoms with E-state index >= 15 is 0 Å². The highest BCUT2D eigenvalue weighted by molar-refractivity contribution is 6.42. The highest BCUT2D eigenvalue weighted by atomic mass is 35.5. The topological polar surface area (TPSA) is 34.2 Å². The lowest BCUT2D eigenvalue weighted by molar-refractivity contribution is 0.387. The van der Waals surface area contributed by atoms with E-state index in [4.69, 9.17) is 27.9 Å². The summed E-state index contributed by atoms with van der Waals surface area (Å²) in [6.45, 7) is 3.00. The SMILES string of the molecule is CCCNC(c1ccc(Cl)c(Cl)c1)c1cccnc1OC. The molecule has 0 bridgehead atoms. The Morgan fingerprint density at radius 2 is 2.05 bits per heavy atom. The second kappa shape index (κ2) is 7.64. The van der Waals surface area contributed by atoms with Crippen LogP contribution in [0, 0.1) is 0 Å². The van der Waals surface area contributed by atoms with E-state index in [0.717, 1.165) is 24.1 Å². The molecule has 21 heavy (non-hydrogen) atoms. The Hall–Kier alpha value is -1.29. The molecule has 0 aliphatic rings. The van der Waals surface area contributed by atoms with Gasteiger partial charge in [0.25, 0.3) is 0 Å².